The van der Waals surface area contributed by atoms with E-state index < -0.39 is 0 Å². The van der Waals surface area contributed by atoms with Crippen LogP contribution in [0.4, 0.5) is 4.39 Å². The largest absolute Gasteiger partial charge is 0.484 e. The fourth-order valence-electron chi connectivity index (χ4n) is 2.41. The molecule has 24 heavy (non-hydrogen) atoms. The van der Waals surface area contributed by atoms with Gasteiger partial charge < -0.3 is 15.0 Å². The zero-order valence-electron chi connectivity index (χ0n) is 14.3. The van der Waals surface area contributed by atoms with Crippen LogP contribution in [0.3, 0.4) is 0 Å². The molecule has 5 heteroatoms. The van der Waals surface area contributed by atoms with E-state index in [-0.39, 0.29) is 24.4 Å². The number of hydrogen-bond donors (Lipinski definition) is 1. The summed E-state index contributed by atoms with van der Waals surface area (Å²) in [6, 6.07) is 13.8. The summed E-state index contributed by atoms with van der Waals surface area (Å²) in [6.07, 6.45) is 0. The highest BCUT2D eigenvalue weighted by Gasteiger charge is 2.15. The lowest BCUT2D eigenvalue weighted by Crippen LogP contribution is -2.36. The second-order valence-electron chi connectivity index (χ2n) is 5.89. The highest BCUT2D eigenvalue weighted by atomic mass is 19.1. The molecule has 0 spiro atoms. The van der Waals surface area contributed by atoms with Crippen molar-refractivity contribution in [2.45, 2.75) is 13.0 Å². The Morgan fingerprint density at radius 3 is 2.46 bits per heavy atom. The van der Waals surface area contributed by atoms with Crippen molar-refractivity contribution >= 4 is 5.91 Å². The summed E-state index contributed by atoms with van der Waals surface area (Å²) in [6.45, 7) is 2.33. The predicted molar refractivity (Wildman–Crippen MR) is 92.5 cm³/mol. The molecule has 0 radical (unpaired) electrons. The molecule has 4 nitrogen and oxygen atoms in total. The van der Waals surface area contributed by atoms with Crippen LogP contribution >= 0.6 is 0 Å². The first-order valence-electron chi connectivity index (χ1n) is 7.84. The molecule has 0 fully saturated rings. The molecule has 1 unspecified atom stereocenters. The van der Waals surface area contributed by atoms with Crippen LogP contribution in [-0.4, -0.2) is 38.1 Å². The van der Waals surface area contributed by atoms with Crippen LogP contribution in [0, 0.1) is 12.7 Å². The van der Waals surface area contributed by atoms with Crippen molar-refractivity contribution < 1.29 is 13.9 Å². The molecule has 1 atom stereocenters. The van der Waals surface area contributed by atoms with E-state index in [0.717, 1.165) is 11.1 Å². The smallest absolute Gasteiger partial charge is 0.258 e. The van der Waals surface area contributed by atoms with Crippen LogP contribution in [0.1, 0.15) is 17.2 Å². The van der Waals surface area contributed by atoms with Crippen molar-refractivity contribution in [3.63, 3.8) is 0 Å². The van der Waals surface area contributed by atoms with Crippen LogP contribution in [-0.2, 0) is 4.79 Å². The molecule has 0 aromatic heterocycles. The van der Waals surface area contributed by atoms with E-state index in [0.29, 0.717) is 12.3 Å². The second kappa shape index (κ2) is 8.45. The molecule has 0 heterocycles. The normalized spacial score (nSPS) is 12.0. The number of carbonyl (C=O) groups is 1. The average Bonchev–Trinajstić information content (AvgIpc) is 2.55. The Kier molecular flexibility index (Phi) is 6.32. The van der Waals surface area contributed by atoms with E-state index in [1.807, 2.05) is 50.2 Å². The average molecular weight is 330 g/mol. The van der Waals surface area contributed by atoms with Crippen LogP contribution in [0.25, 0.3) is 0 Å². The topological polar surface area (TPSA) is 41.6 Å². The first-order valence-corrected chi connectivity index (χ1v) is 7.84. The van der Waals surface area contributed by atoms with Gasteiger partial charge in [-0.05, 0) is 50.3 Å². The predicted octanol–water partition coefficient (Wildman–Crippen LogP) is 2.93. The third-order valence-corrected chi connectivity index (χ3v) is 3.82. The summed E-state index contributed by atoms with van der Waals surface area (Å²) in [5, 5.41) is 2.87. The standard InChI is InChI=1S/C19H23FN2O2/c1-14-6-4-5-7-18(14)24-13-19(23)21-12-17(22(2)3)15-8-10-16(20)11-9-15/h4-11,17H,12-13H2,1-3H3,(H,21,23). The number of carbonyl (C=O) groups excluding carboxylic acids is 1. The number of nitrogens with zero attached hydrogens (tertiary/aromatic N) is 1. The number of para-hydroxylation sites is 1. The number of rotatable bonds is 7. The molecule has 0 saturated carbocycles. The lowest BCUT2D eigenvalue weighted by molar-refractivity contribution is -0.123. The summed E-state index contributed by atoms with van der Waals surface area (Å²) in [5.41, 5.74) is 1.93. The minimum absolute atomic E-state index is 0.0333. The monoisotopic (exact) mass is 330 g/mol. The summed E-state index contributed by atoms with van der Waals surface area (Å²) in [7, 11) is 3.84. The molecule has 2 aromatic carbocycles. The molecule has 0 aliphatic heterocycles. The number of hydrogen-bond acceptors (Lipinski definition) is 3. The molecule has 2 aromatic rings. The maximum absolute atomic E-state index is 13.1. The molecule has 0 aliphatic rings. The third-order valence-electron chi connectivity index (χ3n) is 3.82. The molecule has 0 saturated heterocycles. The number of likely N-dealkylation sites (N-methyl/N-ethyl adjacent to an activating group) is 1. The highest BCUT2D eigenvalue weighted by Crippen LogP contribution is 2.18. The first kappa shape index (κ1) is 17.9. The van der Waals surface area contributed by atoms with Gasteiger partial charge in [-0.1, -0.05) is 30.3 Å². The molecular weight excluding hydrogens is 307 g/mol. The van der Waals surface area contributed by atoms with Gasteiger partial charge in [-0.3, -0.25) is 4.79 Å². The van der Waals surface area contributed by atoms with E-state index in [2.05, 4.69) is 5.32 Å². The van der Waals surface area contributed by atoms with E-state index >= 15 is 0 Å². The van der Waals surface area contributed by atoms with Crippen molar-refractivity contribution in [1.29, 1.82) is 0 Å². The van der Waals surface area contributed by atoms with Crippen molar-refractivity contribution in [3.8, 4) is 5.75 Å². The van der Waals surface area contributed by atoms with Gasteiger partial charge in [0.05, 0.1) is 6.04 Å². The highest BCUT2D eigenvalue weighted by molar-refractivity contribution is 5.77. The number of benzene rings is 2. The number of nitrogens with one attached hydrogen (secondary N) is 1. The fraction of sp³-hybridized carbons (Fsp3) is 0.316. The zero-order valence-corrected chi connectivity index (χ0v) is 14.3. The summed E-state index contributed by atoms with van der Waals surface area (Å²) in [4.78, 5) is 14.0. The Bertz CT molecular complexity index is 671. The third kappa shape index (κ3) is 5.06. The summed E-state index contributed by atoms with van der Waals surface area (Å²) >= 11 is 0. The first-order chi connectivity index (χ1) is 11.5. The van der Waals surface area contributed by atoms with Crippen molar-refractivity contribution in [3.05, 3.63) is 65.5 Å². The Morgan fingerprint density at radius 1 is 1.17 bits per heavy atom. The number of ether oxygens (including phenoxy) is 1. The van der Waals surface area contributed by atoms with Crippen LogP contribution < -0.4 is 10.1 Å². The minimum atomic E-state index is -0.271. The van der Waals surface area contributed by atoms with Gasteiger partial charge in [-0.2, -0.15) is 0 Å². The maximum Gasteiger partial charge on any atom is 0.258 e. The molecule has 0 bridgehead atoms. The van der Waals surface area contributed by atoms with E-state index in [1.54, 1.807) is 12.1 Å². The summed E-state index contributed by atoms with van der Waals surface area (Å²) < 4.78 is 18.6. The lowest BCUT2D eigenvalue weighted by Gasteiger charge is -2.25. The summed E-state index contributed by atoms with van der Waals surface area (Å²) in [5.74, 6) is 0.245. The lowest BCUT2D eigenvalue weighted by atomic mass is 10.1. The van der Waals surface area contributed by atoms with Gasteiger partial charge in [-0.25, -0.2) is 4.39 Å². The van der Waals surface area contributed by atoms with Crippen molar-refractivity contribution in [1.82, 2.24) is 10.2 Å². The quantitative estimate of drug-likeness (QED) is 0.849. The van der Waals surface area contributed by atoms with Gasteiger partial charge in [0.1, 0.15) is 11.6 Å². The fourth-order valence-corrected chi connectivity index (χ4v) is 2.41. The van der Waals surface area contributed by atoms with Crippen LogP contribution in [0.15, 0.2) is 48.5 Å². The molecule has 2 rings (SSSR count). The number of amides is 1. The Labute approximate surface area is 142 Å². The van der Waals surface area contributed by atoms with Gasteiger partial charge in [0.25, 0.3) is 5.91 Å². The molecule has 0 aliphatic carbocycles. The Balaban J connectivity index is 1.88. The van der Waals surface area contributed by atoms with Gasteiger partial charge in [-0.15, -0.1) is 0 Å². The van der Waals surface area contributed by atoms with Crippen LogP contribution in [0.5, 0.6) is 5.75 Å². The molecule has 128 valence electrons. The van der Waals surface area contributed by atoms with Crippen molar-refractivity contribution in [2.24, 2.45) is 0 Å². The van der Waals surface area contributed by atoms with E-state index in [1.165, 1.54) is 12.1 Å². The van der Waals surface area contributed by atoms with E-state index in [9.17, 15) is 9.18 Å². The minimum Gasteiger partial charge on any atom is -0.484 e. The number of aryl methyl sites for hydroxylation is 1. The Hall–Kier alpha value is -2.40. The van der Waals surface area contributed by atoms with Gasteiger partial charge in [0.15, 0.2) is 6.61 Å². The van der Waals surface area contributed by atoms with Crippen LogP contribution in [0.2, 0.25) is 0 Å². The van der Waals surface area contributed by atoms with Crippen molar-refractivity contribution in [2.75, 3.05) is 27.2 Å². The number of halogens is 1. The molecule has 1 amide bonds. The molecule has 1 N–H and O–H groups in total. The zero-order chi connectivity index (χ0) is 17.5. The van der Waals surface area contributed by atoms with Gasteiger partial charge in [0, 0.05) is 6.54 Å². The SMILES string of the molecule is Cc1ccccc1OCC(=O)NCC(c1ccc(F)cc1)N(C)C. The molecular formula is C19H23FN2O2. The maximum atomic E-state index is 13.1. The second-order valence-corrected chi connectivity index (χ2v) is 5.89. The van der Waals surface area contributed by atoms with Gasteiger partial charge in [0.2, 0.25) is 0 Å². The van der Waals surface area contributed by atoms with E-state index in [4.69, 9.17) is 4.74 Å². The van der Waals surface area contributed by atoms with Gasteiger partial charge >= 0.3 is 0 Å². The Morgan fingerprint density at radius 2 is 1.83 bits per heavy atom.